The fraction of sp³-hybridized carbons (Fsp3) is 0. The van der Waals surface area contributed by atoms with Crippen LogP contribution in [0.15, 0.2) is 23.4 Å². The van der Waals surface area contributed by atoms with Crippen molar-refractivity contribution in [3.05, 3.63) is 23.4 Å². The number of halogens is 1. The van der Waals surface area contributed by atoms with Crippen molar-refractivity contribution in [3.8, 4) is 0 Å². The summed E-state index contributed by atoms with van der Waals surface area (Å²) in [7, 11) is 0. The minimum absolute atomic E-state index is 0.731. The molecule has 0 unspecified atom stereocenters. The lowest BCUT2D eigenvalue weighted by atomic mass is 10.4. The number of hydrogen-bond acceptors (Lipinski definition) is 1. The number of nitrogens with zero attached hydrogens (tertiary/aromatic N) is 1. The van der Waals surface area contributed by atoms with Gasteiger partial charge in [-0.15, -0.1) is 0 Å². The average molecular weight is 114 g/mol. The predicted molar refractivity (Wildman–Crippen MR) is 31.3 cm³/mol. The Morgan fingerprint density at radius 1 is 1.57 bits per heavy atom. The van der Waals surface area contributed by atoms with Gasteiger partial charge in [-0.1, -0.05) is 11.6 Å². The highest BCUT2D eigenvalue weighted by Crippen LogP contribution is 2.01. The zero-order valence-corrected chi connectivity index (χ0v) is 4.39. The Kier molecular flexibility index (Phi) is 1.27. The number of rotatable bonds is 0. The molecule has 1 aliphatic rings. The zero-order chi connectivity index (χ0) is 5.11. The summed E-state index contributed by atoms with van der Waals surface area (Å²) in [5, 5.41) is 0.731. The van der Waals surface area contributed by atoms with Gasteiger partial charge in [0.15, 0.2) is 0 Å². The van der Waals surface area contributed by atoms with Crippen LogP contribution >= 0.6 is 11.6 Å². The van der Waals surface area contributed by atoms with Crippen molar-refractivity contribution < 1.29 is 0 Å². The van der Waals surface area contributed by atoms with Gasteiger partial charge in [0.05, 0.1) is 10.0 Å². The molecular formula is C5H4ClN+. The van der Waals surface area contributed by atoms with Crippen molar-refractivity contribution in [1.29, 1.82) is 0 Å². The molecule has 0 spiro atoms. The van der Waals surface area contributed by atoms with E-state index in [0.29, 0.717) is 0 Å². The first-order chi connectivity index (χ1) is 3.39. The van der Waals surface area contributed by atoms with Crippen LogP contribution in [0.3, 0.4) is 0 Å². The van der Waals surface area contributed by atoms with E-state index in [1.807, 2.05) is 0 Å². The molecule has 0 aromatic carbocycles. The van der Waals surface area contributed by atoms with E-state index in [1.165, 1.54) is 0 Å². The second-order valence-corrected chi connectivity index (χ2v) is 1.60. The lowest BCUT2D eigenvalue weighted by Gasteiger charge is -1.77. The highest BCUT2D eigenvalue weighted by molar-refractivity contribution is 6.32. The summed E-state index contributed by atoms with van der Waals surface area (Å²) in [4.78, 5) is 3.76. The van der Waals surface area contributed by atoms with Gasteiger partial charge in [0.25, 0.3) is 0 Å². The minimum atomic E-state index is 0.731. The Morgan fingerprint density at radius 2 is 2.43 bits per heavy atom. The van der Waals surface area contributed by atoms with Crippen molar-refractivity contribution in [1.82, 2.24) is 4.99 Å². The van der Waals surface area contributed by atoms with E-state index < -0.39 is 0 Å². The fourth-order valence-corrected chi connectivity index (χ4v) is 0.446. The van der Waals surface area contributed by atoms with Crippen molar-refractivity contribution >= 4 is 17.8 Å². The molecule has 1 aliphatic heterocycles. The maximum absolute atomic E-state index is 5.50. The van der Waals surface area contributed by atoms with Gasteiger partial charge in [-0.2, -0.15) is 0 Å². The molecule has 1 heterocycles. The van der Waals surface area contributed by atoms with Gasteiger partial charge in [0.2, 0.25) is 12.4 Å². The van der Waals surface area contributed by atoms with Gasteiger partial charge in [0.1, 0.15) is 0 Å². The van der Waals surface area contributed by atoms with Crippen LogP contribution in [0, 0.1) is 0 Å². The molecule has 0 N–H and O–H groups in total. The van der Waals surface area contributed by atoms with Crippen LogP contribution in [0.2, 0.25) is 0 Å². The average Bonchev–Trinajstić information content (AvgIpc) is 1.69. The minimum Gasteiger partial charge on any atom is -0.0839 e. The van der Waals surface area contributed by atoms with Crippen LogP contribution in [0.5, 0.6) is 0 Å². The lowest BCUT2D eigenvalue weighted by molar-refractivity contribution is 1.39. The summed E-state index contributed by atoms with van der Waals surface area (Å²) in [6.07, 6.45) is 6.79. The molecule has 0 aromatic heterocycles. The molecule has 0 fully saturated rings. The molecule has 1 nitrogen and oxygen atoms in total. The monoisotopic (exact) mass is 113 g/mol. The van der Waals surface area contributed by atoms with Gasteiger partial charge in [-0.05, 0) is 0 Å². The molecule has 0 saturated carbocycles. The van der Waals surface area contributed by atoms with Crippen LogP contribution in [0.1, 0.15) is 0 Å². The lowest BCUT2D eigenvalue weighted by Crippen LogP contribution is -1.83. The molecule has 35 valence electrons. The molecule has 1 rings (SSSR count). The standard InChI is InChI=1S/C5H4ClN/c6-5-1-3-7-4-2-5/h1-4H/q+1. The molecule has 0 bridgehead atoms. The number of allylic oxidation sites excluding steroid dienone is 3. The first kappa shape index (κ1) is 4.60. The first-order valence-electron chi connectivity index (χ1n) is 1.95. The largest absolute Gasteiger partial charge is 0.243 e. The second kappa shape index (κ2) is 1.94. The summed E-state index contributed by atoms with van der Waals surface area (Å²) < 4.78 is 0. The smallest absolute Gasteiger partial charge is 0.0839 e. The molecule has 0 saturated heterocycles. The molecule has 0 aliphatic carbocycles. The zero-order valence-electron chi connectivity index (χ0n) is 3.63. The van der Waals surface area contributed by atoms with Crippen LogP contribution in [-0.4, -0.2) is 6.21 Å². The Morgan fingerprint density at radius 3 is 2.71 bits per heavy atom. The van der Waals surface area contributed by atoms with E-state index in [2.05, 4.69) is 4.99 Å². The summed E-state index contributed by atoms with van der Waals surface area (Å²) in [5.74, 6) is 0. The molecule has 0 aromatic rings. The Hall–Kier alpha value is -0.560. The normalized spacial score (nSPS) is 17.0. The van der Waals surface area contributed by atoms with E-state index in [-0.39, 0.29) is 0 Å². The third kappa shape index (κ3) is 1.16. The molecule has 2 heteroatoms. The van der Waals surface area contributed by atoms with Crippen molar-refractivity contribution in [2.75, 3.05) is 0 Å². The molecule has 0 atom stereocenters. The second-order valence-electron chi connectivity index (χ2n) is 1.17. The highest BCUT2D eigenvalue weighted by Gasteiger charge is 1.92. The van der Waals surface area contributed by atoms with Crippen molar-refractivity contribution in [3.63, 3.8) is 0 Å². The SMILES string of the molecule is ClC1=CC=[N+]C=C1. The third-order valence-corrected chi connectivity index (χ3v) is 0.892. The van der Waals surface area contributed by atoms with Crippen molar-refractivity contribution in [2.45, 2.75) is 0 Å². The van der Waals surface area contributed by atoms with Crippen LogP contribution in [0.4, 0.5) is 0 Å². The van der Waals surface area contributed by atoms with Gasteiger partial charge in [0, 0.05) is 12.2 Å². The van der Waals surface area contributed by atoms with Gasteiger partial charge < -0.3 is 0 Å². The van der Waals surface area contributed by atoms with Crippen LogP contribution in [0.25, 0.3) is 0 Å². The number of hydrogen-bond donors (Lipinski definition) is 0. The predicted octanol–water partition coefficient (Wildman–Crippen LogP) is 1.04. The molecular weight excluding hydrogens is 110 g/mol. The highest BCUT2D eigenvalue weighted by atomic mass is 35.5. The Balaban J connectivity index is 2.82. The van der Waals surface area contributed by atoms with Gasteiger partial charge in [-0.25, -0.2) is 0 Å². The first-order valence-corrected chi connectivity index (χ1v) is 2.33. The number of aliphatic imine (C=N–C) groups is 1. The van der Waals surface area contributed by atoms with Crippen molar-refractivity contribution in [2.24, 2.45) is 0 Å². The maximum Gasteiger partial charge on any atom is 0.243 e. The molecule has 7 heavy (non-hydrogen) atoms. The third-order valence-electron chi connectivity index (χ3n) is 0.640. The topological polar surface area (TPSA) is 14.1 Å². The summed E-state index contributed by atoms with van der Waals surface area (Å²) >= 11 is 5.50. The van der Waals surface area contributed by atoms with E-state index in [0.717, 1.165) is 5.03 Å². The van der Waals surface area contributed by atoms with E-state index in [4.69, 9.17) is 11.6 Å². The Labute approximate surface area is 47.0 Å². The summed E-state index contributed by atoms with van der Waals surface area (Å²) in [5.41, 5.74) is 0. The summed E-state index contributed by atoms with van der Waals surface area (Å²) in [6, 6.07) is 0. The fourth-order valence-electron chi connectivity index (χ4n) is 0.334. The Bertz CT molecular complexity index is 144. The van der Waals surface area contributed by atoms with E-state index in [1.54, 1.807) is 24.6 Å². The van der Waals surface area contributed by atoms with Crippen LogP contribution < -0.4 is 4.99 Å². The van der Waals surface area contributed by atoms with E-state index >= 15 is 0 Å². The van der Waals surface area contributed by atoms with Gasteiger partial charge >= 0.3 is 0 Å². The molecule has 0 amide bonds. The van der Waals surface area contributed by atoms with Crippen LogP contribution in [-0.2, 0) is 0 Å². The summed E-state index contributed by atoms with van der Waals surface area (Å²) in [6.45, 7) is 0. The molecule has 1 radical (unpaired) electrons. The quantitative estimate of drug-likeness (QED) is 0.446. The van der Waals surface area contributed by atoms with Gasteiger partial charge in [-0.3, -0.25) is 0 Å². The van der Waals surface area contributed by atoms with E-state index in [9.17, 15) is 0 Å². The maximum atomic E-state index is 5.50.